The summed E-state index contributed by atoms with van der Waals surface area (Å²) in [5.41, 5.74) is 0. The van der Waals surface area contributed by atoms with Crippen LogP contribution in [0, 0.1) is 0 Å². The van der Waals surface area contributed by atoms with Crippen molar-refractivity contribution >= 4 is 5.91 Å². The first-order valence-electron chi connectivity index (χ1n) is 31.5. The van der Waals surface area contributed by atoms with Crippen LogP contribution in [0.5, 0.6) is 0 Å². The first-order valence-corrected chi connectivity index (χ1v) is 31.5. The van der Waals surface area contributed by atoms with E-state index in [0.29, 0.717) is 12.8 Å². The SMILES string of the molecule is CC/C=C\C/C=C\C/C=C\C/C=C\C/C=C\CCCCCCCCCCCCCCCCCCCCCC(=O)NC(COC1OC(CO)C(OC2OC(CO)C(O)C(O)C2O)C(O)C1O)C(O)/C=C/CC/C=C/CC/C=C/CCC. The number of aliphatic hydroxyl groups is 8. The van der Waals surface area contributed by atoms with Crippen LogP contribution < -0.4 is 5.32 Å². The minimum absolute atomic E-state index is 0.257. The second-order valence-electron chi connectivity index (χ2n) is 21.8. The van der Waals surface area contributed by atoms with Gasteiger partial charge in [0.2, 0.25) is 5.91 Å². The highest BCUT2D eigenvalue weighted by Gasteiger charge is 2.51. The summed E-state index contributed by atoms with van der Waals surface area (Å²) in [5, 5.41) is 86.9. The van der Waals surface area contributed by atoms with E-state index in [9.17, 15) is 45.6 Å². The highest BCUT2D eigenvalue weighted by Crippen LogP contribution is 2.30. The molecule has 12 unspecified atom stereocenters. The molecule has 2 saturated heterocycles. The Labute approximate surface area is 483 Å². The van der Waals surface area contributed by atoms with Crippen LogP contribution in [0.1, 0.15) is 219 Å². The summed E-state index contributed by atoms with van der Waals surface area (Å²) in [6.45, 7) is 2.57. The molecule has 0 spiro atoms. The molecule has 0 saturated carbocycles. The van der Waals surface area contributed by atoms with Crippen molar-refractivity contribution in [1.82, 2.24) is 5.32 Å². The topological polar surface area (TPSA) is 228 Å². The third kappa shape index (κ3) is 35.1. The molecule has 1 amide bonds. The van der Waals surface area contributed by atoms with E-state index in [1.807, 2.05) is 6.08 Å². The van der Waals surface area contributed by atoms with E-state index in [1.54, 1.807) is 6.08 Å². The summed E-state index contributed by atoms with van der Waals surface area (Å²) in [5.74, 6) is -0.257. The van der Waals surface area contributed by atoms with E-state index < -0.39 is 86.8 Å². The largest absolute Gasteiger partial charge is 0.394 e. The van der Waals surface area contributed by atoms with Gasteiger partial charge in [0.1, 0.15) is 48.8 Å². The van der Waals surface area contributed by atoms with Crippen molar-refractivity contribution in [3.63, 3.8) is 0 Å². The Morgan fingerprint density at radius 3 is 1.36 bits per heavy atom. The van der Waals surface area contributed by atoms with E-state index in [2.05, 4.69) is 104 Å². The second-order valence-corrected chi connectivity index (χ2v) is 21.8. The summed E-state index contributed by atoms with van der Waals surface area (Å²) < 4.78 is 22.7. The summed E-state index contributed by atoms with van der Waals surface area (Å²) in [4.78, 5) is 13.2. The maximum atomic E-state index is 13.2. The smallest absolute Gasteiger partial charge is 0.220 e. The second kappa shape index (κ2) is 50.4. The molecule has 14 heteroatoms. The number of ether oxygens (including phenoxy) is 4. The fourth-order valence-electron chi connectivity index (χ4n) is 9.71. The van der Waals surface area contributed by atoms with Crippen LogP contribution in [-0.2, 0) is 23.7 Å². The van der Waals surface area contributed by atoms with Crippen LogP contribution in [-0.4, -0.2) is 140 Å². The monoisotopic (exact) mass is 1130 g/mol. The lowest BCUT2D eigenvalue weighted by Gasteiger charge is -2.46. The van der Waals surface area contributed by atoms with Crippen molar-refractivity contribution in [2.45, 2.75) is 293 Å². The first kappa shape index (κ1) is 73.0. The van der Waals surface area contributed by atoms with Crippen molar-refractivity contribution in [3.05, 3.63) is 97.2 Å². The van der Waals surface area contributed by atoms with E-state index in [1.165, 1.54) is 103 Å². The van der Waals surface area contributed by atoms with Gasteiger partial charge in [-0.2, -0.15) is 0 Å². The molecule has 2 rings (SSSR count). The molecule has 0 aromatic rings. The van der Waals surface area contributed by atoms with Gasteiger partial charge in [0, 0.05) is 6.42 Å². The molecule has 460 valence electrons. The Kier molecular flexibility index (Phi) is 46.0. The number of allylic oxidation sites excluding steroid dienone is 15. The average molecular weight is 1130 g/mol. The number of amides is 1. The average Bonchev–Trinajstić information content (AvgIpc) is 3.46. The third-order valence-electron chi connectivity index (χ3n) is 14.7. The Bertz CT molecular complexity index is 1710. The number of hydrogen-bond donors (Lipinski definition) is 9. The van der Waals surface area contributed by atoms with Crippen LogP contribution in [0.4, 0.5) is 0 Å². The van der Waals surface area contributed by atoms with Gasteiger partial charge in [-0.25, -0.2) is 0 Å². The van der Waals surface area contributed by atoms with Gasteiger partial charge in [-0.15, -0.1) is 0 Å². The summed E-state index contributed by atoms with van der Waals surface area (Å²) >= 11 is 0. The van der Waals surface area contributed by atoms with Crippen LogP contribution in [0.25, 0.3) is 0 Å². The molecule has 14 nitrogen and oxygen atoms in total. The molecular formula is C66H113NO13. The van der Waals surface area contributed by atoms with Gasteiger partial charge in [0.05, 0.1) is 32.0 Å². The van der Waals surface area contributed by atoms with E-state index >= 15 is 0 Å². The maximum absolute atomic E-state index is 13.2. The van der Waals surface area contributed by atoms with Gasteiger partial charge >= 0.3 is 0 Å². The van der Waals surface area contributed by atoms with Gasteiger partial charge in [-0.05, 0) is 83.5 Å². The van der Waals surface area contributed by atoms with Crippen LogP contribution in [0.3, 0.4) is 0 Å². The number of aliphatic hydroxyl groups excluding tert-OH is 8. The fourth-order valence-corrected chi connectivity index (χ4v) is 9.71. The fraction of sp³-hybridized carbons (Fsp3) is 0.742. The van der Waals surface area contributed by atoms with Crippen molar-refractivity contribution in [1.29, 1.82) is 0 Å². The van der Waals surface area contributed by atoms with Crippen LogP contribution >= 0.6 is 0 Å². The number of carbonyl (C=O) groups is 1. The zero-order valence-electron chi connectivity index (χ0n) is 49.5. The number of carbonyl (C=O) groups excluding carboxylic acids is 1. The van der Waals surface area contributed by atoms with Crippen molar-refractivity contribution in [3.8, 4) is 0 Å². The van der Waals surface area contributed by atoms with Crippen molar-refractivity contribution in [2.24, 2.45) is 0 Å². The highest BCUT2D eigenvalue weighted by molar-refractivity contribution is 5.76. The third-order valence-corrected chi connectivity index (χ3v) is 14.7. The minimum atomic E-state index is -1.79. The van der Waals surface area contributed by atoms with Gasteiger partial charge in [-0.3, -0.25) is 4.79 Å². The molecule has 2 heterocycles. The number of rotatable bonds is 49. The Balaban J connectivity index is 1.60. The Morgan fingerprint density at radius 1 is 0.463 bits per heavy atom. The summed E-state index contributed by atoms with van der Waals surface area (Å²) in [6.07, 6.45) is 53.4. The van der Waals surface area contributed by atoms with Gasteiger partial charge in [0.15, 0.2) is 12.6 Å². The molecule has 0 aliphatic carbocycles. The molecule has 0 radical (unpaired) electrons. The highest BCUT2D eigenvalue weighted by atomic mass is 16.7. The van der Waals surface area contributed by atoms with Crippen LogP contribution in [0.15, 0.2) is 97.2 Å². The van der Waals surface area contributed by atoms with Gasteiger partial charge < -0.3 is 65.1 Å². The molecule has 0 aromatic heterocycles. The molecule has 0 bridgehead atoms. The molecule has 80 heavy (non-hydrogen) atoms. The van der Waals surface area contributed by atoms with E-state index in [-0.39, 0.29) is 18.9 Å². The molecule has 2 aliphatic rings. The maximum Gasteiger partial charge on any atom is 0.220 e. The normalized spacial score (nSPS) is 24.9. The van der Waals surface area contributed by atoms with E-state index in [4.69, 9.17) is 18.9 Å². The molecular weight excluding hydrogens is 1010 g/mol. The predicted octanol–water partition coefficient (Wildman–Crippen LogP) is 11.4. The molecule has 12 atom stereocenters. The van der Waals surface area contributed by atoms with E-state index in [0.717, 1.165) is 83.5 Å². The lowest BCUT2D eigenvalue weighted by molar-refractivity contribution is -0.359. The number of hydrogen-bond acceptors (Lipinski definition) is 13. The lowest BCUT2D eigenvalue weighted by Crippen LogP contribution is -2.65. The molecule has 0 aromatic carbocycles. The predicted molar refractivity (Wildman–Crippen MR) is 323 cm³/mol. The standard InChI is InChI=1S/C66H113NO13/c1-3-5-7-9-11-13-15-16-17-18-19-20-21-22-23-24-25-26-27-28-29-30-31-32-33-34-35-36-37-38-40-42-44-46-48-50-58(71)67-54(55(70)49-47-45-43-41-39-14-12-10-8-6-4-2)53-77-65-63(76)61(74)64(57(52-69)79-65)80-66-62(75)60(73)59(72)56(51-68)78-66/h5,7-8,10-11,13,16-17,19-20,22-23,39,41,47,49,54-57,59-66,68-70,72-76H,3-4,6,9,12,14-15,18,21,24-38,40,42-46,48,50-53H2,1-2H3,(H,67,71)/b7-5-,10-8+,13-11-,17-16-,20-19-,23-22-,41-39+,49-47+. The molecule has 9 N–H and O–H groups in total. The molecule has 2 aliphatic heterocycles. The number of nitrogens with one attached hydrogen (secondary N) is 1. The van der Waals surface area contributed by atoms with Gasteiger partial charge in [-0.1, -0.05) is 227 Å². The number of unbranched alkanes of at least 4 members (excludes halogenated alkanes) is 22. The lowest BCUT2D eigenvalue weighted by atomic mass is 9.97. The van der Waals surface area contributed by atoms with Crippen molar-refractivity contribution in [2.75, 3.05) is 19.8 Å². The van der Waals surface area contributed by atoms with Crippen LogP contribution in [0.2, 0.25) is 0 Å². The Hall–Kier alpha value is -3.09. The quantitative estimate of drug-likeness (QED) is 0.0204. The zero-order chi connectivity index (χ0) is 58.1. The zero-order valence-corrected chi connectivity index (χ0v) is 49.5. The summed E-state index contributed by atoms with van der Waals surface area (Å²) in [7, 11) is 0. The Morgan fingerprint density at radius 2 is 0.875 bits per heavy atom. The minimum Gasteiger partial charge on any atom is -0.394 e. The molecule has 2 fully saturated rings. The first-order chi connectivity index (χ1) is 39.1. The van der Waals surface area contributed by atoms with Gasteiger partial charge in [0.25, 0.3) is 0 Å². The van der Waals surface area contributed by atoms with Crippen molar-refractivity contribution < 1.29 is 64.6 Å². The summed E-state index contributed by atoms with van der Waals surface area (Å²) in [6, 6.07) is -0.940.